The average Bonchev–Trinajstić information content (AvgIpc) is 2.71. The zero-order chi connectivity index (χ0) is 13.9. The second-order valence-electron chi connectivity index (χ2n) is 6.32. The van der Waals surface area contributed by atoms with Gasteiger partial charge in [0.15, 0.2) is 11.5 Å². The van der Waals surface area contributed by atoms with Crippen molar-refractivity contribution in [2.75, 3.05) is 13.7 Å². The lowest BCUT2D eigenvalue weighted by Crippen LogP contribution is -2.50. The van der Waals surface area contributed by atoms with Crippen LogP contribution in [0.3, 0.4) is 0 Å². The minimum atomic E-state index is 0.0997. The zero-order valence-electron chi connectivity index (χ0n) is 11.7. The number of methoxy groups -OCH3 is 1. The van der Waals surface area contributed by atoms with Gasteiger partial charge in [0.25, 0.3) is 0 Å². The number of hydrogen-bond acceptors (Lipinski definition) is 4. The van der Waals surface area contributed by atoms with Crippen molar-refractivity contribution in [3.63, 3.8) is 0 Å². The van der Waals surface area contributed by atoms with E-state index in [0.29, 0.717) is 30.4 Å². The van der Waals surface area contributed by atoms with Gasteiger partial charge in [0.1, 0.15) is 5.78 Å². The van der Waals surface area contributed by atoms with E-state index in [1.54, 1.807) is 7.11 Å². The number of fused-ring (bicyclic) bond motifs is 1. The van der Waals surface area contributed by atoms with E-state index in [2.05, 4.69) is 4.90 Å². The molecule has 2 fully saturated rings. The van der Waals surface area contributed by atoms with E-state index in [-0.39, 0.29) is 11.2 Å². The quantitative estimate of drug-likeness (QED) is 0.850. The molecule has 2 aliphatic heterocycles. The van der Waals surface area contributed by atoms with Gasteiger partial charge in [0, 0.05) is 30.8 Å². The molecule has 1 unspecified atom stereocenters. The lowest BCUT2D eigenvalue weighted by molar-refractivity contribution is -0.123. The number of phenols is 1. The van der Waals surface area contributed by atoms with E-state index in [0.717, 1.165) is 25.9 Å². The maximum Gasteiger partial charge on any atom is 0.160 e. The molecule has 20 heavy (non-hydrogen) atoms. The van der Waals surface area contributed by atoms with Crippen LogP contribution >= 0.6 is 0 Å². The van der Waals surface area contributed by atoms with Gasteiger partial charge in [-0.1, -0.05) is 0 Å². The smallest absolute Gasteiger partial charge is 0.160 e. The van der Waals surface area contributed by atoms with Gasteiger partial charge in [-0.05, 0) is 42.6 Å². The Morgan fingerprint density at radius 3 is 3.05 bits per heavy atom. The molecule has 4 heteroatoms. The van der Waals surface area contributed by atoms with E-state index in [9.17, 15) is 9.90 Å². The Hall–Kier alpha value is -1.55. The Balaban J connectivity index is 1.89. The van der Waals surface area contributed by atoms with E-state index in [4.69, 9.17) is 4.74 Å². The Morgan fingerprint density at radius 1 is 1.40 bits per heavy atom. The third-order valence-corrected chi connectivity index (χ3v) is 5.51. The second-order valence-corrected chi connectivity index (χ2v) is 6.32. The van der Waals surface area contributed by atoms with E-state index in [1.807, 2.05) is 12.1 Å². The molecule has 1 aromatic carbocycles. The number of carbonyl (C=O) groups excluding carboxylic acids is 1. The maximum atomic E-state index is 11.8. The number of ether oxygens (including phenoxy) is 1. The SMILES string of the molecule is COc1cc2c(cc1O)CN1CC[C@]23CCC(=O)C[C@@H]13. The van der Waals surface area contributed by atoms with Crippen LogP contribution in [0.25, 0.3) is 0 Å². The van der Waals surface area contributed by atoms with Gasteiger partial charge in [-0.15, -0.1) is 0 Å². The van der Waals surface area contributed by atoms with Crippen LogP contribution in [-0.2, 0) is 16.8 Å². The molecular weight excluding hydrogens is 254 g/mol. The fourth-order valence-electron chi connectivity index (χ4n) is 4.54. The molecule has 3 atom stereocenters. The summed E-state index contributed by atoms with van der Waals surface area (Å²) in [6.07, 6.45) is 3.43. The average molecular weight is 273 g/mol. The molecule has 106 valence electrons. The van der Waals surface area contributed by atoms with Crippen molar-refractivity contribution >= 4 is 5.78 Å². The topological polar surface area (TPSA) is 49.8 Å². The number of aromatic hydroxyl groups is 1. The van der Waals surface area contributed by atoms with Crippen LogP contribution in [0.4, 0.5) is 0 Å². The number of nitrogens with zero attached hydrogens (tertiary/aromatic N) is 1. The molecule has 4 rings (SSSR count). The molecule has 0 aromatic heterocycles. The van der Waals surface area contributed by atoms with Crippen LogP contribution in [0.2, 0.25) is 0 Å². The normalized spacial score (nSPS) is 34.5. The number of phenolic OH excluding ortho intramolecular Hbond substituents is 1. The van der Waals surface area contributed by atoms with Crippen molar-refractivity contribution < 1.29 is 14.6 Å². The third kappa shape index (κ3) is 1.43. The van der Waals surface area contributed by atoms with Crippen LogP contribution in [0.1, 0.15) is 36.8 Å². The van der Waals surface area contributed by atoms with Gasteiger partial charge in [0.05, 0.1) is 7.11 Å². The highest BCUT2D eigenvalue weighted by Crippen LogP contribution is 2.54. The van der Waals surface area contributed by atoms with E-state index >= 15 is 0 Å². The van der Waals surface area contributed by atoms with Crippen LogP contribution in [-0.4, -0.2) is 35.5 Å². The van der Waals surface area contributed by atoms with Gasteiger partial charge < -0.3 is 9.84 Å². The molecule has 1 aliphatic carbocycles. The highest BCUT2D eigenvalue weighted by molar-refractivity contribution is 5.81. The van der Waals surface area contributed by atoms with Crippen molar-refractivity contribution in [2.24, 2.45) is 0 Å². The molecule has 1 N–H and O–H groups in total. The van der Waals surface area contributed by atoms with Crippen LogP contribution in [0.15, 0.2) is 12.1 Å². The first kappa shape index (κ1) is 12.2. The summed E-state index contributed by atoms with van der Waals surface area (Å²) in [5.41, 5.74) is 2.60. The lowest BCUT2D eigenvalue weighted by atomic mass is 9.63. The third-order valence-electron chi connectivity index (χ3n) is 5.51. The minimum absolute atomic E-state index is 0.0997. The summed E-state index contributed by atoms with van der Waals surface area (Å²) in [6, 6.07) is 4.21. The minimum Gasteiger partial charge on any atom is -0.504 e. The molecule has 0 radical (unpaired) electrons. The van der Waals surface area contributed by atoms with Crippen LogP contribution in [0, 0.1) is 0 Å². The summed E-state index contributed by atoms with van der Waals surface area (Å²) in [7, 11) is 1.59. The second kappa shape index (κ2) is 3.98. The molecule has 3 aliphatic rings. The Morgan fingerprint density at radius 2 is 2.25 bits per heavy atom. The molecule has 1 saturated heterocycles. The number of ketones is 1. The number of carbonyl (C=O) groups is 1. The van der Waals surface area contributed by atoms with Gasteiger partial charge in [-0.3, -0.25) is 9.69 Å². The van der Waals surface area contributed by atoms with Crippen molar-refractivity contribution in [3.05, 3.63) is 23.3 Å². The van der Waals surface area contributed by atoms with Gasteiger partial charge in [-0.25, -0.2) is 0 Å². The molecular formula is C16H19NO3. The van der Waals surface area contributed by atoms with Gasteiger partial charge >= 0.3 is 0 Å². The van der Waals surface area contributed by atoms with Crippen molar-refractivity contribution in [3.8, 4) is 11.5 Å². The number of benzene rings is 1. The van der Waals surface area contributed by atoms with Gasteiger partial charge in [-0.2, -0.15) is 0 Å². The van der Waals surface area contributed by atoms with E-state index < -0.39 is 0 Å². The number of Topliss-reactive ketones (excluding diaryl/α,β-unsaturated/α-hetero) is 1. The zero-order valence-corrected chi connectivity index (χ0v) is 11.7. The molecule has 1 saturated carbocycles. The van der Waals surface area contributed by atoms with Gasteiger partial charge in [0.2, 0.25) is 0 Å². The summed E-state index contributed by atoms with van der Waals surface area (Å²) in [6.45, 7) is 1.89. The Kier molecular flexibility index (Phi) is 2.43. The molecule has 2 heterocycles. The van der Waals surface area contributed by atoms with Crippen molar-refractivity contribution in [2.45, 2.75) is 43.7 Å². The molecule has 0 amide bonds. The monoisotopic (exact) mass is 273 g/mol. The van der Waals surface area contributed by atoms with E-state index in [1.165, 1.54) is 11.1 Å². The summed E-state index contributed by atoms with van der Waals surface area (Å²) < 4.78 is 5.28. The summed E-state index contributed by atoms with van der Waals surface area (Å²) in [5, 5.41) is 10.00. The Bertz CT molecular complexity index is 598. The number of rotatable bonds is 1. The Labute approximate surface area is 118 Å². The maximum absolute atomic E-state index is 11.8. The van der Waals surface area contributed by atoms with Crippen LogP contribution in [0.5, 0.6) is 11.5 Å². The largest absolute Gasteiger partial charge is 0.504 e. The lowest BCUT2D eigenvalue weighted by Gasteiger charge is -2.46. The summed E-state index contributed by atoms with van der Waals surface area (Å²) in [4.78, 5) is 14.3. The predicted octanol–water partition coefficient (Wildman–Crippen LogP) is 1.98. The fraction of sp³-hybridized carbons (Fsp3) is 0.562. The molecule has 4 nitrogen and oxygen atoms in total. The molecule has 2 bridgehead atoms. The fourth-order valence-corrected chi connectivity index (χ4v) is 4.54. The highest BCUT2D eigenvalue weighted by Gasteiger charge is 2.54. The van der Waals surface area contributed by atoms with Crippen LogP contribution < -0.4 is 4.74 Å². The first-order valence-electron chi connectivity index (χ1n) is 7.30. The van der Waals surface area contributed by atoms with Crippen molar-refractivity contribution in [1.82, 2.24) is 4.90 Å². The number of hydrogen-bond donors (Lipinski definition) is 1. The predicted molar refractivity (Wildman–Crippen MR) is 74.0 cm³/mol. The first-order chi connectivity index (χ1) is 9.64. The summed E-state index contributed by atoms with van der Waals surface area (Å²) >= 11 is 0. The molecule has 1 aromatic rings. The molecule has 0 spiro atoms. The highest BCUT2D eigenvalue weighted by atomic mass is 16.5. The first-order valence-corrected chi connectivity index (χ1v) is 7.30. The van der Waals surface area contributed by atoms with Crippen molar-refractivity contribution in [1.29, 1.82) is 0 Å². The standard InChI is InChI=1S/C16H19NO3/c1-20-14-8-12-10(6-13(14)19)9-17-5-4-16(12)3-2-11(18)7-15(16)17/h6,8,15,19H,2-5,7,9H2,1H3/t15-,16-/m1/s1. The summed E-state index contributed by atoms with van der Waals surface area (Å²) in [5.74, 6) is 1.16.